The van der Waals surface area contributed by atoms with Gasteiger partial charge in [-0.15, -0.1) is 0 Å². The number of nitrogens with one attached hydrogen (secondary N) is 1. The SMILES string of the molecule is CN1CCCc2cc(NC(=O)C(c3ccccc3)N3CCCC3)ccc21. The average Bonchev–Trinajstić information content (AvgIpc) is 3.17. The summed E-state index contributed by atoms with van der Waals surface area (Å²) in [7, 11) is 2.13. The van der Waals surface area contributed by atoms with Crippen LogP contribution in [0.5, 0.6) is 0 Å². The van der Waals surface area contributed by atoms with Gasteiger partial charge < -0.3 is 10.2 Å². The normalized spacial score (nSPS) is 18.4. The van der Waals surface area contributed by atoms with Crippen molar-refractivity contribution in [1.82, 2.24) is 4.90 Å². The van der Waals surface area contributed by atoms with Crippen molar-refractivity contribution in [2.75, 3.05) is 36.9 Å². The Morgan fingerprint density at radius 1 is 1.00 bits per heavy atom. The second kappa shape index (κ2) is 7.50. The van der Waals surface area contributed by atoms with Crippen LogP contribution in [0.4, 0.5) is 11.4 Å². The fourth-order valence-corrected chi connectivity index (χ4v) is 4.24. The maximum absolute atomic E-state index is 13.2. The fourth-order valence-electron chi connectivity index (χ4n) is 4.24. The summed E-state index contributed by atoms with van der Waals surface area (Å²) in [5, 5.41) is 3.18. The highest BCUT2D eigenvalue weighted by molar-refractivity contribution is 5.96. The summed E-state index contributed by atoms with van der Waals surface area (Å²) in [6.45, 7) is 3.08. The van der Waals surface area contributed by atoms with Crippen LogP contribution in [0.3, 0.4) is 0 Å². The molecule has 0 spiro atoms. The predicted octanol–water partition coefficient (Wildman–Crippen LogP) is 3.84. The van der Waals surface area contributed by atoms with Crippen molar-refractivity contribution in [2.45, 2.75) is 31.7 Å². The minimum atomic E-state index is -0.211. The molecule has 0 aromatic heterocycles. The van der Waals surface area contributed by atoms with E-state index in [9.17, 15) is 4.79 Å². The Hall–Kier alpha value is -2.33. The van der Waals surface area contributed by atoms with Gasteiger partial charge in [0.2, 0.25) is 5.91 Å². The van der Waals surface area contributed by atoms with Gasteiger partial charge in [0.25, 0.3) is 0 Å². The zero-order valence-corrected chi connectivity index (χ0v) is 15.4. The van der Waals surface area contributed by atoms with Crippen molar-refractivity contribution >= 4 is 17.3 Å². The Kier molecular flexibility index (Phi) is 4.93. The summed E-state index contributed by atoms with van der Waals surface area (Å²) in [6.07, 6.45) is 4.59. The Labute approximate surface area is 155 Å². The molecule has 26 heavy (non-hydrogen) atoms. The molecule has 1 N–H and O–H groups in total. The zero-order valence-electron chi connectivity index (χ0n) is 15.4. The highest BCUT2D eigenvalue weighted by Gasteiger charge is 2.29. The summed E-state index contributed by atoms with van der Waals surface area (Å²) >= 11 is 0. The fraction of sp³-hybridized carbons (Fsp3) is 0.409. The number of carbonyl (C=O) groups is 1. The number of anilines is 2. The topological polar surface area (TPSA) is 35.6 Å². The maximum atomic E-state index is 13.2. The van der Waals surface area contributed by atoms with E-state index in [0.29, 0.717) is 0 Å². The molecule has 4 rings (SSSR count). The molecule has 4 nitrogen and oxygen atoms in total. The van der Waals surface area contributed by atoms with E-state index in [1.807, 2.05) is 24.3 Å². The van der Waals surface area contributed by atoms with Crippen LogP contribution < -0.4 is 10.2 Å². The number of benzene rings is 2. The standard InChI is InChI=1S/C22H27N3O/c1-24-13-7-10-18-16-19(11-12-20(18)24)23-22(26)21(25-14-5-6-15-25)17-8-3-2-4-9-17/h2-4,8-9,11-12,16,21H,5-7,10,13-15H2,1H3,(H,23,26). The second-order valence-electron chi connectivity index (χ2n) is 7.41. The van der Waals surface area contributed by atoms with Crippen molar-refractivity contribution in [2.24, 2.45) is 0 Å². The molecule has 2 aliphatic rings. The van der Waals surface area contributed by atoms with Crippen molar-refractivity contribution in [1.29, 1.82) is 0 Å². The number of rotatable bonds is 4. The summed E-state index contributed by atoms with van der Waals surface area (Å²) in [5.41, 5.74) is 4.59. The van der Waals surface area contributed by atoms with Gasteiger partial charge in [0, 0.05) is 25.0 Å². The van der Waals surface area contributed by atoms with E-state index in [1.54, 1.807) is 0 Å². The third-order valence-electron chi connectivity index (χ3n) is 5.57. The third-order valence-corrected chi connectivity index (χ3v) is 5.57. The molecule has 0 aliphatic carbocycles. The summed E-state index contributed by atoms with van der Waals surface area (Å²) in [6, 6.07) is 16.3. The Balaban J connectivity index is 1.57. The molecule has 1 saturated heterocycles. The molecule has 1 amide bonds. The first kappa shape index (κ1) is 17.1. The number of fused-ring (bicyclic) bond motifs is 1. The first-order valence-electron chi connectivity index (χ1n) is 9.66. The summed E-state index contributed by atoms with van der Waals surface area (Å²) < 4.78 is 0. The van der Waals surface area contributed by atoms with Crippen molar-refractivity contribution < 1.29 is 4.79 Å². The first-order chi connectivity index (χ1) is 12.7. The average molecular weight is 349 g/mol. The molecular weight excluding hydrogens is 322 g/mol. The number of hydrogen-bond donors (Lipinski definition) is 1. The molecule has 0 saturated carbocycles. The maximum Gasteiger partial charge on any atom is 0.246 e. The molecule has 0 bridgehead atoms. The van der Waals surface area contributed by atoms with Gasteiger partial charge in [0.15, 0.2) is 0 Å². The summed E-state index contributed by atoms with van der Waals surface area (Å²) in [5.74, 6) is 0.0715. The first-order valence-corrected chi connectivity index (χ1v) is 9.66. The lowest BCUT2D eigenvalue weighted by Crippen LogP contribution is -2.35. The molecule has 1 atom stereocenters. The minimum Gasteiger partial charge on any atom is -0.374 e. The smallest absolute Gasteiger partial charge is 0.246 e. The van der Waals surface area contributed by atoms with Crippen LogP contribution in [0.15, 0.2) is 48.5 Å². The zero-order chi connectivity index (χ0) is 17.9. The van der Waals surface area contributed by atoms with Crippen LogP contribution in [0.2, 0.25) is 0 Å². The van der Waals surface area contributed by atoms with Gasteiger partial charge in [-0.1, -0.05) is 30.3 Å². The highest BCUT2D eigenvalue weighted by atomic mass is 16.2. The van der Waals surface area contributed by atoms with Crippen LogP contribution in [0.1, 0.15) is 36.4 Å². The monoisotopic (exact) mass is 349 g/mol. The molecule has 2 aliphatic heterocycles. The van der Waals surface area contributed by atoms with E-state index in [0.717, 1.165) is 37.3 Å². The van der Waals surface area contributed by atoms with Gasteiger partial charge in [-0.05, 0) is 68.1 Å². The lowest BCUT2D eigenvalue weighted by Gasteiger charge is -2.29. The van der Waals surface area contributed by atoms with E-state index in [1.165, 1.54) is 30.5 Å². The number of likely N-dealkylation sites (tertiary alicyclic amines) is 1. The van der Waals surface area contributed by atoms with Crippen LogP contribution in [0, 0.1) is 0 Å². The number of amides is 1. The van der Waals surface area contributed by atoms with Gasteiger partial charge >= 0.3 is 0 Å². The van der Waals surface area contributed by atoms with Gasteiger partial charge in [-0.25, -0.2) is 0 Å². The van der Waals surface area contributed by atoms with Crippen molar-refractivity contribution in [3.63, 3.8) is 0 Å². The van der Waals surface area contributed by atoms with E-state index in [-0.39, 0.29) is 11.9 Å². The molecule has 2 aromatic rings. The number of hydrogen-bond acceptors (Lipinski definition) is 3. The Bertz CT molecular complexity index is 768. The summed E-state index contributed by atoms with van der Waals surface area (Å²) in [4.78, 5) is 17.8. The Morgan fingerprint density at radius 2 is 1.77 bits per heavy atom. The van der Waals surface area contributed by atoms with Crippen LogP contribution >= 0.6 is 0 Å². The minimum absolute atomic E-state index is 0.0715. The molecule has 0 radical (unpaired) electrons. The van der Waals surface area contributed by atoms with E-state index in [4.69, 9.17) is 0 Å². The molecule has 4 heteroatoms. The van der Waals surface area contributed by atoms with Crippen LogP contribution in [-0.4, -0.2) is 37.5 Å². The lowest BCUT2D eigenvalue weighted by atomic mass is 10.0. The molecule has 136 valence electrons. The molecule has 1 unspecified atom stereocenters. The van der Waals surface area contributed by atoms with Gasteiger partial charge in [-0.2, -0.15) is 0 Å². The number of carbonyl (C=O) groups excluding carboxylic acids is 1. The number of nitrogens with zero attached hydrogens (tertiary/aromatic N) is 2. The van der Waals surface area contributed by atoms with Crippen molar-refractivity contribution in [3.8, 4) is 0 Å². The molecule has 1 fully saturated rings. The van der Waals surface area contributed by atoms with Crippen LogP contribution in [0.25, 0.3) is 0 Å². The number of aryl methyl sites for hydroxylation is 1. The second-order valence-corrected chi connectivity index (χ2v) is 7.41. The van der Waals surface area contributed by atoms with Crippen LogP contribution in [-0.2, 0) is 11.2 Å². The quantitative estimate of drug-likeness (QED) is 0.911. The molecule has 2 aromatic carbocycles. The van der Waals surface area contributed by atoms with Gasteiger partial charge in [0.1, 0.15) is 6.04 Å². The molecule has 2 heterocycles. The molecular formula is C22H27N3O. The van der Waals surface area contributed by atoms with E-state index in [2.05, 4.69) is 46.4 Å². The largest absolute Gasteiger partial charge is 0.374 e. The van der Waals surface area contributed by atoms with Crippen molar-refractivity contribution in [3.05, 3.63) is 59.7 Å². The van der Waals surface area contributed by atoms with Gasteiger partial charge in [-0.3, -0.25) is 9.69 Å². The third kappa shape index (κ3) is 3.47. The lowest BCUT2D eigenvalue weighted by molar-refractivity contribution is -0.121. The van der Waals surface area contributed by atoms with E-state index >= 15 is 0 Å². The highest BCUT2D eigenvalue weighted by Crippen LogP contribution is 2.30. The van der Waals surface area contributed by atoms with E-state index < -0.39 is 0 Å². The Morgan fingerprint density at radius 3 is 2.54 bits per heavy atom. The van der Waals surface area contributed by atoms with Gasteiger partial charge in [0.05, 0.1) is 0 Å². The predicted molar refractivity (Wildman–Crippen MR) is 107 cm³/mol.